The maximum Gasteiger partial charge on any atom is 0.161 e. The van der Waals surface area contributed by atoms with E-state index in [1.54, 1.807) is 25.3 Å². The Morgan fingerprint density at radius 2 is 2.19 bits per heavy atom. The van der Waals surface area contributed by atoms with Gasteiger partial charge in [-0.15, -0.1) is 0 Å². The van der Waals surface area contributed by atoms with Gasteiger partial charge in [0, 0.05) is 0 Å². The minimum absolute atomic E-state index is 0.0434. The monoisotopic (exact) mass is 290 g/mol. The second-order valence-corrected chi connectivity index (χ2v) is 5.32. The van der Waals surface area contributed by atoms with Gasteiger partial charge >= 0.3 is 0 Å². The lowest BCUT2D eigenvalue weighted by Gasteiger charge is -2.27. The number of rotatable bonds is 8. The van der Waals surface area contributed by atoms with Crippen LogP contribution in [0.5, 0.6) is 11.5 Å². The van der Waals surface area contributed by atoms with E-state index in [-0.39, 0.29) is 13.2 Å². The molecule has 5 nitrogen and oxygen atoms in total. The molecule has 1 aromatic carbocycles. The van der Waals surface area contributed by atoms with E-state index in [2.05, 4.69) is 11.4 Å². The average Bonchev–Trinajstić information content (AvgIpc) is 3.36. The zero-order chi connectivity index (χ0) is 15.3. The van der Waals surface area contributed by atoms with Crippen LogP contribution in [0.15, 0.2) is 18.2 Å². The molecule has 0 aliphatic heterocycles. The van der Waals surface area contributed by atoms with Gasteiger partial charge in [0.15, 0.2) is 11.5 Å². The number of methoxy groups -OCH3 is 1. The van der Waals surface area contributed by atoms with E-state index < -0.39 is 5.54 Å². The van der Waals surface area contributed by atoms with Crippen LogP contribution in [-0.4, -0.2) is 30.9 Å². The Hall–Kier alpha value is -1.77. The molecule has 1 aromatic rings. The van der Waals surface area contributed by atoms with Gasteiger partial charge in [0.2, 0.25) is 0 Å². The lowest BCUT2D eigenvalue weighted by Crippen LogP contribution is -2.50. The summed E-state index contributed by atoms with van der Waals surface area (Å²) in [4.78, 5) is 0. The molecule has 0 heterocycles. The molecule has 1 unspecified atom stereocenters. The van der Waals surface area contributed by atoms with Crippen molar-refractivity contribution in [2.75, 3.05) is 20.3 Å². The normalized spacial score (nSPS) is 16.9. The van der Waals surface area contributed by atoms with Gasteiger partial charge in [-0.3, -0.25) is 5.32 Å². The third-order valence-electron chi connectivity index (χ3n) is 3.83. The molecule has 0 aromatic heterocycles. The minimum Gasteiger partial charge on any atom is -0.493 e. The fourth-order valence-corrected chi connectivity index (χ4v) is 2.49. The summed E-state index contributed by atoms with van der Waals surface area (Å²) in [5, 5.41) is 22.0. The first kappa shape index (κ1) is 15.6. The van der Waals surface area contributed by atoms with Gasteiger partial charge in [-0.05, 0) is 43.0 Å². The highest BCUT2D eigenvalue weighted by atomic mass is 16.5. The summed E-state index contributed by atoms with van der Waals surface area (Å²) in [6, 6.07) is 7.69. The van der Waals surface area contributed by atoms with Crippen molar-refractivity contribution in [2.45, 2.75) is 31.9 Å². The highest BCUT2D eigenvalue weighted by molar-refractivity contribution is 5.43. The van der Waals surface area contributed by atoms with Crippen LogP contribution in [0.3, 0.4) is 0 Å². The molecule has 2 N–H and O–H groups in total. The average molecular weight is 290 g/mol. The SMILES string of the molecule is CCNC(C#N)(COc1ccc(CO)cc1OC)C1CC1. The van der Waals surface area contributed by atoms with Crippen molar-refractivity contribution in [1.82, 2.24) is 5.32 Å². The fraction of sp³-hybridized carbons (Fsp3) is 0.562. The van der Waals surface area contributed by atoms with Crippen LogP contribution in [0.1, 0.15) is 25.3 Å². The zero-order valence-corrected chi connectivity index (χ0v) is 12.6. The third-order valence-corrected chi connectivity index (χ3v) is 3.83. The molecule has 21 heavy (non-hydrogen) atoms. The predicted molar refractivity (Wildman–Crippen MR) is 79.2 cm³/mol. The van der Waals surface area contributed by atoms with Crippen LogP contribution in [0.4, 0.5) is 0 Å². The van der Waals surface area contributed by atoms with Crippen LogP contribution < -0.4 is 14.8 Å². The first-order valence-corrected chi connectivity index (χ1v) is 7.26. The molecule has 1 aliphatic rings. The van der Waals surface area contributed by atoms with E-state index >= 15 is 0 Å². The van der Waals surface area contributed by atoms with E-state index in [0.717, 1.165) is 24.9 Å². The molecule has 1 atom stereocenters. The van der Waals surface area contributed by atoms with Gasteiger partial charge < -0.3 is 14.6 Å². The molecule has 1 fully saturated rings. The van der Waals surface area contributed by atoms with E-state index in [4.69, 9.17) is 14.6 Å². The zero-order valence-electron chi connectivity index (χ0n) is 12.6. The van der Waals surface area contributed by atoms with Crippen LogP contribution in [0, 0.1) is 17.2 Å². The number of likely N-dealkylation sites (N-methyl/N-ethyl adjacent to an activating group) is 1. The minimum atomic E-state index is -0.630. The Kier molecular flexibility index (Phi) is 5.05. The standard InChI is InChI=1S/C16H22N2O3/c1-3-18-16(10-17,13-5-6-13)11-21-14-7-4-12(9-19)8-15(14)20-2/h4,7-8,13,18-19H,3,5-6,9,11H2,1-2H3. The highest BCUT2D eigenvalue weighted by Crippen LogP contribution is 2.40. The molecule has 2 rings (SSSR count). The lowest BCUT2D eigenvalue weighted by molar-refractivity contribution is 0.198. The van der Waals surface area contributed by atoms with Gasteiger partial charge in [-0.1, -0.05) is 13.0 Å². The van der Waals surface area contributed by atoms with Crippen LogP contribution in [-0.2, 0) is 6.61 Å². The van der Waals surface area contributed by atoms with Crippen LogP contribution in [0.2, 0.25) is 0 Å². The second-order valence-electron chi connectivity index (χ2n) is 5.32. The number of ether oxygens (including phenoxy) is 2. The smallest absolute Gasteiger partial charge is 0.161 e. The first-order chi connectivity index (χ1) is 10.2. The van der Waals surface area contributed by atoms with Gasteiger partial charge in [0.25, 0.3) is 0 Å². The Balaban J connectivity index is 2.12. The number of nitriles is 1. The summed E-state index contributed by atoms with van der Waals surface area (Å²) in [5.74, 6) is 1.51. The van der Waals surface area contributed by atoms with Crippen LogP contribution >= 0.6 is 0 Å². The Labute approximate surface area is 125 Å². The number of benzene rings is 1. The second kappa shape index (κ2) is 6.79. The Bertz CT molecular complexity index is 523. The van der Waals surface area contributed by atoms with Gasteiger partial charge in [-0.2, -0.15) is 5.26 Å². The van der Waals surface area contributed by atoms with Gasteiger partial charge in [0.1, 0.15) is 12.1 Å². The van der Waals surface area contributed by atoms with Crippen molar-refractivity contribution >= 4 is 0 Å². The third kappa shape index (κ3) is 3.46. The first-order valence-electron chi connectivity index (χ1n) is 7.26. The predicted octanol–water partition coefficient (Wildman–Crippen LogP) is 1.85. The van der Waals surface area contributed by atoms with E-state index in [1.165, 1.54) is 0 Å². The van der Waals surface area contributed by atoms with Gasteiger partial charge in [-0.25, -0.2) is 0 Å². The summed E-state index contributed by atoms with van der Waals surface area (Å²) < 4.78 is 11.1. The van der Waals surface area contributed by atoms with E-state index in [9.17, 15) is 5.26 Å². The number of hydrogen-bond acceptors (Lipinski definition) is 5. The molecule has 0 bridgehead atoms. The molecule has 114 valence electrons. The topological polar surface area (TPSA) is 74.5 Å². The van der Waals surface area contributed by atoms with Crippen molar-refractivity contribution in [3.63, 3.8) is 0 Å². The maximum atomic E-state index is 9.55. The summed E-state index contributed by atoms with van der Waals surface area (Å²) in [7, 11) is 1.56. The maximum absolute atomic E-state index is 9.55. The fourth-order valence-electron chi connectivity index (χ4n) is 2.49. The Morgan fingerprint density at radius 1 is 1.43 bits per heavy atom. The highest BCUT2D eigenvalue weighted by Gasteiger charge is 2.46. The largest absolute Gasteiger partial charge is 0.493 e. The summed E-state index contributed by atoms with van der Waals surface area (Å²) in [5.41, 5.74) is 0.134. The van der Waals surface area contributed by atoms with Crippen LogP contribution in [0.25, 0.3) is 0 Å². The summed E-state index contributed by atoms with van der Waals surface area (Å²) >= 11 is 0. The number of hydrogen-bond donors (Lipinski definition) is 2. The Morgan fingerprint density at radius 3 is 2.71 bits per heavy atom. The summed E-state index contributed by atoms with van der Waals surface area (Å²) in [6.07, 6.45) is 2.12. The molecule has 1 saturated carbocycles. The molecule has 0 amide bonds. The van der Waals surface area contributed by atoms with Crippen molar-refractivity contribution in [2.24, 2.45) is 5.92 Å². The number of nitrogens with one attached hydrogen (secondary N) is 1. The lowest BCUT2D eigenvalue weighted by atomic mass is 9.96. The van der Waals surface area contributed by atoms with Crippen molar-refractivity contribution < 1.29 is 14.6 Å². The molecular formula is C16H22N2O3. The molecule has 1 aliphatic carbocycles. The molecule has 0 spiro atoms. The summed E-state index contributed by atoms with van der Waals surface area (Å²) in [6.45, 7) is 2.97. The van der Waals surface area contributed by atoms with Gasteiger partial charge in [0.05, 0.1) is 19.8 Å². The molecule has 0 radical (unpaired) electrons. The number of aliphatic hydroxyl groups is 1. The van der Waals surface area contributed by atoms with E-state index in [0.29, 0.717) is 17.4 Å². The van der Waals surface area contributed by atoms with Crippen molar-refractivity contribution in [1.29, 1.82) is 5.26 Å². The molecular weight excluding hydrogens is 268 g/mol. The quantitative estimate of drug-likeness (QED) is 0.764. The molecule has 5 heteroatoms. The van der Waals surface area contributed by atoms with Crippen molar-refractivity contribution in [3.8, 4) is 17.6 Å². The number of aliphatic hydroxyl groups excluding tert-OH is 1. The molecule has 0 saturated heterocycles. The van der Waals surface area contributed by atoms with E-state index in [1.807, 2.05) is 6.92 Å². The van der Waals surface area contributed by atoms with Crippen molar-refractivity contribution in [3.05, 3.63) is 23.8 Å². The number of nitrogens with zero attached hydrogens (tertiary/aromatic N) is 1.